The van der Waals surface area contributed by atoms with Crippen LogP contribution in [-0.2, 0) is 6.42 Å². The molecule has 0 atom stereocenters. The molecule has 1 amide bonds. The Balaban J connectivity index is 2.26. The summed E-state index contributed by atoms with van der Waals surface area (Å²) < 4.78 is 0.876. The van der Waals surface area contributed by atoms with Crippen molar-refractivity contribution in [3.8, 4) is 0 Å². The van der Waals surface area contributed by atoms with Gasteiger partial charge in [-0.1, -0.05) is 18.5 Å². The van der Waals surface area contributed by atoms with Gasteiger partial charge in [-0.05, 0) is 59.3 Å². The number of nitrogens with zero attached hydrogens (tertiary/aromatic N) is 1. The van der Waals surface area contributed by atoms with Gasteiger partial charge in [-0.15, -0.1) is 0 Å². The van der Waals surface area contributed by atoms with Crippen molar-refractivity contribution in [3.63, 3.8) is 0 Å². The maximum atomic E-state index is 12.2. The predicted molar refractivity (Wildman–Crippen MR) is 90.1 cm³/mol. The number of carbonyl (C=O) groups excluding carboxylic acids is 1. The number of hydrogen-bond acceptors (Lipinski definition) is 3. The summed E-state index contributed by atoms with van der Waals surface area (Å²) in [5.41, 5.74) is 7.71. The first-order chi connectivity index (χ1) is 9.49. The molecule has 0 aliphatic carbocycles. The minimum atomic E-state index is -0.214. The van der Waals surface area contributed by atoms with Crippen LogP contribution in [-0.4, -0.2) is 10.9 Å². The fourth-order valence-electron chi connectivity index (χ4n) is 1.71. The lowest BCUT2D eigenvalue weighted by atomic mass is 10.1. The van der Waals surface area contributed by atoms with Crippen LogP contribution in [0.1, 0.15) is 23.0 Å². The molecule has 4 nitrogen and oxygen atoms in total. The Hall–Kier alpha value is -1.34. The molecule has 0 aliphatic rings. The number of nitrogens with one attached hydrogen (secondary N) is 1. The summed E-state index contributed by atoms with van der Waals surface area (Å²) >= 11 is 8.01. The first kappa shape index (κ1) is 15.1. The van der Waals surface area contributed by atoms with Crippen molar-refractivity contribution in [1.82, 2.24) is 4.98 Å². The smallest absolute Gasteiger partial charge is 0.255 e. The van der Waals surface area contributed by atoms with Crippen molar-refractivity contribution in [2.24, 2.45) is 0 Å². The Morgan fingerprint density at radius 3 is 2.80 bits per heavy atom. The monoisotopic (exact) mass is 401 g/mol. The summed E-state index contributed by atoms with van der Waals surface area (Å²) in [6, 6.07) is 8.60. The maximum absolute atomic E-state index is 12.2. The largest absolute Gasteiger partial charge is 0.384 e. The molecular formula is C14H13ClIN3O. The molecule has 104 valence electrons. The highest BCUT2D eigenvalue weighted by Crippen LogP contribution is 2.23. The number of nitrogen functional groups attached to an aromatic ring is 1. The molecule has 1 heterocycles. The molecule has 0 saturated heterocycles. The van der Waals surface area contributed by atoms with Crippen LogP contribution >= 0.6 is 34.2 Å². The summed E-state index contributed by atoms with van der Waals surface area (Å²) in [6.45, 7) is 1.96. The van der Waals surface area contributed by atoms with Crippen LogP contribution in [0.3, 0.4) is 0 Å². The van der Waals surface area contributed by atoms with E-state index in [2.05, 4.69) is 32.9 Å². The van der Waals surface area contributed by atoms with E-state index in [1.54, 1.807) is 30.3 Å². The van der Waals surface area contributed by atoms with Crippen molar-refractivity contribution in [2.75, 3.05) is 11.1 Å². The van der Waals surface area contributed by atoms with Crippen LogP contribution in [0.5, 0.6) is 0 Å². The second-order valence-electron chi connectivity index (χ2n) is 4.20. The molecule has 2 rings (SSSR count). The van der Waals surface area contributed by atoms with E-state index in [1.807, 2.05) is 6.92 Å². The lowest BCUT2D eigenvalue weighted by Gasteiger charge is -2.09. The van der Waals surface area contributed by atoms with Gasteiger partial charge in [0.15, 0.2) is 0 Å². The van der Waals surface area contributed by atoms with Crippen LogP contribution in [0.4, 0.5) is 11.5 Å². The molecular weight excluding hydrogens is 389 g/mol. The Bertz CT molecular complexity index is 661. The van der Waals surface area contributed by atoms with E-state index in [1.165, 1.54) is 0 Å². The van der Waals surface area contributed by atoms with Crippen molar-refractivity contribution in [2.45, 2.75) is 13.3 Å². The number of aromatic nitrogens is 1. The molecule has 2 aromatic rings. The second kappa shape index (κ2) is 6.41. The molecule has 0 spiro atoms. The molecule has 0 bridgehead atoms. The molecule has 20 heavy (non-hydrogen) atoms. The number of nitrogens with two attached hydrogens (primary N) is 1. The highest BCUT2D eigenvalue weighted by atomic mass is 127. The van der Waals surface area contributed by atoms with E-state index in [4.69, 9.17) is 17.3 Å². The lowest BCUT2D eigenvalue weighted by Crippen LogP contribution is -2.14. The molecule has 0 saturated carbocycles. The first-order valence-electron chi connectivity index (χ1n) is 6.02. The average molecular weight is 402 g/mol. The predicted octanol–water partition coefficient (Wildman–Crippen LogP) is 3.74. The number of aryl methyl sites for hydroxylation is 1. The number of carbonyl (C=O) groups is 1. The van der Waals surface area contributed by atoms with Crippen molar-refractivity contribution < 1.29 is 4.79 Å². The molecule has 0 fully saturated rings. The van der Waals surface area contributed by atoms with Crippen LogP contribution in [0.25, 0.3) is 0 Å². The van der Waals surface area contributed by atoms with Gasteiger partial charge in [-0.25, -0.2) is 4.98 Å². The summed E-state index contributed by atoms with van der Waals surface area (Å²) in [5, 5.41) is 3.48. The van der Waals surface area contributed by atoms with Gasteiger partial charge in [0, 0.05) is 19.9 Å². The number of anilines is 2. The lowest BCUT2D eigenvalue weighted by molar-refractivity contribution is 0.102. The van der Waals surface area contributed by atoms with Crippen molar-refractivity contribution >= 4 is 51.6 Å². The van der Waals surface area contributed by atoms with Gasteiger partial charge in [0.05, 0.1) is 5.69 Å². The van der Waals surface area contributed by atoms with Gasteiger partial charge in [-0.2, -0.15) is 0 Å². The molecule has 0 radical (unpaired) electrons. The molecule has 3 N–H and O–H groups in total. The summed E-state index contributed by atoms with van der Waals surface area (Å²) in [5.74, 6) is 0.134. The SMILES string of the molecule is CCc1cc(C(=O)Nc2ccc(Cl)cc2I)cc(N)n1. The fraction of sp³-hybridized carbons (Fsp3) is 0.143. The quantitative estimate of drug-likeness (QED) is 0.770. The third-order valence-electron chi connectivity index (χ3n) is 2.70. The van der Waals surface area contributed by atoms with Crippen LogP contribution < -0.4 is 11.1 Å². The standard InChI is InChI=1S/C14H13ClIN3O/c1-2-10-5-8(6-13(17)18-10)14(20)19-12-4-3-9(15)7-11(12)16/h3-7H,2H2,1H3,(H2,17,18)(H,19,20). The van der Waals surface area contributed by atoms with E-state index in [9.17, 15) is 4.79 Å². The highest BCUT2D eigenvalue weighted by molar-refractivity contribution is 14.1. The topological polar surface area (TPSA) is 68.0 Å². The van der Waals surface area contributed by atoms with Crippen molar-refractivity contribution in [3.05, 3.63) is 50.2 Å². The number of amides is 1. The Morgan fingerprint density at radius 1 is 1.40 bits per heavy atom. The van der Waals surface area contributed by atoms with Gasteiger partial charge >= 0.3 is 0 Å². The van der Waals surface area contributed by atoms with Gasteiger partial charge in [0.1, 0.15) is 5.82 Å². The number of rotatable bonds is 3. The van der Waals surface area contributed by atoms with E-state index in [-0.39, 0.29) is 5.91 Å². The zero-order valence-corrected chi connectivity index (χ0v) is 13.7. The summed E-state index contributed by atoms with van der Waals surface area (Å²) in [6.07, 6.45) is 0.726. The van der Waals surface area contributed by atoms with Crippen LogP contribution in [0.2, 0.25) is 5.02 Å². The highest BCUT2D eigenvalue weighted by Gasteiger charge is 2.10. The number of benzene rings is 1. The minimum Gasteiger partial charge on any atom is -0.384 e. The van der Waals surface area contributed by atoms with Crippen LogP contribution in [0.15, 0.2) is 30.3 Å². The van der Waals surface area contributed by atoms with Crippen LogP contribution in [0, 0.1) is 3.57 Å². The first-order valence-corrected chi connectivity index (χ1v) is 7.48. The summed E-state index contributed by atoms with van der Waals surface area (Å²) in [7, 11) is 0. The minimum absolute atomic E-state index is 0.214. The number of hydrogen-bond donors (Lipinski definition) is 2. The number of pyridine rings is 1. The Labute approximate surface area is 135 Å². The average Bonchev–Trinajstić information content (AvgIpc) is 2.41. The summed E-state index contributed by atoms with van der Waals surface area (Å²) in [4.78, 5) is 16.4. The van der Waals surface area contributed by atoms with Gasteiger partial charge in [0.25, 0.3) is 5.91 Å². The zero-order valence-electron chi connectivity index (χ0n) is 10.8. The molecule has 6 heteroatoms. The van der Waals surface area contributed by atoms with E-state index in [0.717, 1.165) is 15.7 Å². The maximum Gasteiger partial charge on any atom is 0.255 e. The third kappa shape index (κ3) is 3.61. The normalized spacial score (nSPS) is 10.3. The van der Waals surface area contributed by atoms with Gasteiger partial charge < -0.3 is 11.1 Å². The van der Waals surface area contributed by atoms with Crippen molar-refractivity contribution in [1.29, 1.82) is 0 Å². The Morgan fingerprint density at radius 2 is 2.15 bits per heavy atom. The zero-order chi connectivity index (χ0) is 14.7. The second-order valence-corrected chi connectivity index (χ2v) is 5.80. The Kier molecular flexibility index (Phi) is 4.82. The molecule has 1 aromatic carbocycles. The van der Waals surface area contributed by atoms with Gasteiger partial charge in [0.2, 0.25) is 0 Å². The van der Waals surface area contributed by atoms with E-state index < -0.39 is 0 Å². The molecule has 0 unspecified atom stereocenters. The van der Waals surface area contributed by atoms with E-state index >= 15 is 0 Å². The fourth-order valence-corrected chi connectivity index (χ4v) is 2.71. The molecule has 1 aromatic heterocycles. The molecule has 0 aliphatic heterocycles. The number of halogens is 2. The van der Waals surface area contributed by atoms with E-state index in [0.29, 0.717) is 22.1 Å². The van der Waals surface area contributed by atoms with Gasteiger partial charge in [-0.3, -0.25) is 4.79 Å². The third-order valence-corrected chi connectivity index (χ3v) is 3.83.